The Morgan fingerprint density at radius 2 is 1.86 bits per heavy atom. The maximum Gasteiger partial charge on any atom is 0.274 e. The first-order valence-corrected chi connectivity index (χ1v) is 10.2. The molecule has 2 aromatic rings. The van der Waals surface area contributed by atoms with Gasteiger partial charge in [-0.15, -0.1) is 0 Å². The third-order valence-electron chi connectivity index (χ3n) is 6.55. The molecule has 2 aliphatic heterocycles. The number of carbonyl (C=O) groups excluding carboxylic acids is 2. The smallest absolute Gasteiger partial charge is 0.274 e. The lowest BCUT2D eigenvalue weighted by Gasteiger charge is -2.39. The fraction of sp³-hybridized carbons (Fsp3) is 0.500. The van der Waals surface area contributed by atoms with Gasteiger partial charge in [0.15, 0.2) is 5.69 Å². The molecule has 0 aliphatic carbocycles. The largest absolute Gasteiger partial charge is 0.394 e. The van der Waals surface area contributed by atoms with Crippen LogP contribution in [0.25, 0.3) is 0 Å². The summed E-state index contributed by atoms with van der Waals surface area (Å²) in [6, 6.07) is 10.9. The van der Waals surface area contributed by atoms with Gasteiger partial charge in [-0.25, -0.2) is 0 Å². The van der Waals surface area contributed by atoms with Crippen molar-refractivity contribution in [1.82, 2.24) is 19.6 Å². The van der Waals surface area contributed by atoms with Gasteiger partial charge in [-0.1, -0.05) is 18.2 Å². The van der Waals surface area contributed by atoms with Crippen LogP contribution in [-0.4, -0.2) is 68.8 Å². The Balaban J connectivity index is 1.44. The standard InChI is InChI=1S/C22H28N4O3/c1-16-12-19(23-24(16)2)21(29)25-10-8-22(9-11-25)13-18(14-27)26(15-22)20(28)17-6-4-3-5-7-17/h3-7,12,18,27H,8-11,13-15H2,1-2H3. The van der Waals surface area contributed by atoms with E-state index in [0.717, 1.165) is 25.0 Å². The second-order valence-corrected chi connectivity index (χ2v) is 8.43. The number of aliphatic hydroxyl groups excluding tert-OH is 1. The molecule has 4 rings (SSSR count). The molecule has 1 aromatic carbocycles. The van der Waals surface area contributed by atoms with Gasteiger partial charge in [-0.3, -0.25) is 14.3 Å². The zero-order chi connectivity index (χ0) is 20.6. The van der Waals surface area contributed by atoms with E-state index in [1.54, 1.807) is 4.68 Å². The average molecular weight is 396 g/mol. The van der Waals surface area contributed by atoms with Crippen molar-refractivity contribution >= 4 is 11.8 Å². The van der Waals surface area contributed by atoms with Gasteiger partial charge in [0, 0.05) is 37.9 Å². The van der Waals surface area contributed by atoms with Crippen LogP contribution in [0.4, 0.5) is 0 Å². The van der Waals surface area contributed by atoms with Crippen molar-refractivity contribution in [2.24, 2.45) is 12.5 Å². The van der Waals surface area contributed by atoms with E-state index < -0.39 is 0 Å². The molecular formula is C22H28N4O3. The van der Waals surface area contributed by atoms with Crippen molar-refractivity contribution in [3.63, 3.8) is 0 Å². The Bertz CT molecular complexity index is 881. The molecule has 7 nitrogen and oxygen atoms in total. The Kier molecular flexibility index (Phi) is 5.17. The number of amides is 2. The molecule has 0 bridgehead atoms. The van der Waals surface area contributed by atoms with E-state index in [-0.39, 0.29) is 29.9 Å². The minimum Gasteiger partial charge on any atom is -0.394 e. The highest BCUT2D eigenvalue weighted by molar-refractivity contribution is 5.94. The van der Waals surface area contributed by atoms with E-state index in [1.165, 1.54) is 0 Å². The summed E-state index contributed by atoms with van der Waals surface area (Å²) in [5.74, 6) is -0.0542. The van der Waals surface area contributed by atoms with Crippen LogP contribution in [0.2, 0.25) is 0 Å². The van der Waals surface area contributed by atoms with Crippen LogP contribution in [0.1, 0.15) is 45.8 Å². The van der Waals surface area contributed by atoms with Crippen molar-refractivity contribution in [2.45, 2.75) is 32.2 Å². The fourth-order valence-corrected chi connectivity index (χ4v) is 4.69. The van der Waals surface area contributed by atoms with Crippen LogP contribution in [0.5, 0.6) is 0 Å². The molecule has 2 amide bonds. The SMILES string of the molecule is Cc1cc(C(=O)N2CCC3(CC2)CC(CO)N(C(=O)c2ccccc2)C3)nn1C. The van der Waals surface area contributed by atoms with Crippen LogP contribution in [0.3, 0.4) is 0 Å². The number of carbonyl (C=O) groups is 2. The summed E-state index contributed by atoms with van der Waals surface area (Å²) < 4.78 is 1.72. The highest BCUT2D eigenvalue weighted by Crippen LogP contribution is 2.44. The Morgan fingerprint density at radius 3 is 2.45 bits per heavy atom. The topological polar surface area (TPSA) is 78.7 Å². The third kappa shape index (κ3) is 3.67. The predicted molar refractivity (Wildman–Crippen MR) is 108 cm³/mol. The van der Waals surface area contributed by atoms with Crippen LogP contribution in [0.15, 0.2) is 36.4 Å². The van der Waals surface area contributed by atoms with E-state index in [1.807, 2.05) is 60.2 Å². The summed E-state index contributed by atoms with van der Waals surface area (Å²) in [6.45, 7) is 3.84. The second-order valence-electron chi connectivity index (χ2n) is 8.43. The molecule has 1 N–H and O–H groups in total. The predicted octanol–water partition coefficient (Wildman–Crippen LogP) is 1.86. The van der Waals surface area contributed by atoms with Crippen LogP contribution in [0, 0.1) is 12.3 Å². The maximum atomic E-state index is 13.0. The molecule has 2 fully saturated rings. The van der Waals surface area contributed by atoms with Crippen LogP contribution < -0.4 is 0 Å². The molecule has 1 atom stereocenters. The van der Waals surface area contributed by atoms with E-state index in [2.05, 4.69) is 5.10 Å². The molecule has 154 valence electrons. The molecule has 1 unspecified atom stereocenters. The number of aryl methyl sites for hydroxylation is 2. The van der Waals surface area contributed by atoms with E-state index in [9.17, 15) is 14.7 Å². The van der Waals surface area contributed by atoms with Gasteiger partial charge in [-0.05, 0) is 49.8 Å². The van der Waals surface area contributed by atoms with Gasteiger partial charge in [0.05, 0.1) is 12.6 Å². The molecule has 29 heavy (non-hydrogen) atoms. The summed E-state index contributed by atoms with van der Waals surface area (Å²) in [7, 11) is 1.84. The van der Waals surface area contributed by atoms with Gasteiger partial charge in [0.1, 0.15) is 0 Å². The zero-order valence-corrected chi connectivity index (χ0v) is 17.0. The van der Waals surface area contributed by atoms with Crippen molar-refractivity contribution in [3.05, 3.63) is 53.3 Å². The molecule has 1 aromatic heterocycles. The maximum absolute atomic E-state index is 13.0. The zero-order valence-electron chi connectivity index (χ0n) is 17.0. The third-order valence-corrected chi connectivity index (χ3v) is 6.55. The van der Waals surface area contributed by atoms with Crippen LogP contribution >= 0.6 is 0 Å². The number of likely N-dealkylation sites (tertiary alicyclic amines) is 2. The van der Waals surface area contributed by atoms with Gasteiger partial charge in [-0.2, -0.15) is 5.10 Å². The number of aliphatic hydroxyl groups is 1. The minimum atomic E-state index is -0.164. The van der Waals surface area contributed by atoms with Gasteiger partial charge in [0.2, 0.25) is 0 Å². The molecule has 2 saturated heterocycles. The summed E-state index contributed by atoms with van der Waals surface area (Å²) >= 11 is 0. The molecule has 1 spiro atoms. The monoisotopic (exact) mass is 396 g/mol. The number of aromatic nitrogens is 2. The van der Waals surface area contributed by atoms with Crippen molar-refractivity contribution in [3.8, 4) is 0 Å². The first-order valence-electron chi connectivity index (χ1n) is 10.2. The highest BCUT2D eigenvalue weighted by atomic mass is 16.3. The average Bonchev–Trinajstić information content (AvgIpc) is 3.28. The van der Waals surface area contributed by atoms with Gasteiger partial charge < -0.3 is 14.9 Å². The molecule has 2 aliphatic rings. The van der Waals surface area contributed by atoms with E-state index in [4.69, 9.17) is 0 Å². The summed E-state index contributed by atoms with van der Waals surface area (Å²) in [5, 5.41) is 14.2. The normalized spacial score (nSPS) is 21.0. The van der Waals surface area contributed by atoms with Gasteiger partial charge >= 0.3 is 0 Å². The number of nitrogens with zero attached hydrogens (tertiary/aromatic N) is 4. The summed E-state index contributed by atoms with van der Waals surface area (Å²) in [5.41, 5.74) is 2.07. The number of benzene rings is 1. The molecule has 7 heteroatoms. The summed E-state index contributed by atoms with van der Waals surface area (Å²) in [4.78, 5) is 29.5. The van der Waals surface area contributed by atoms with Crippen molar-refractivity contribution in [1.29, 1.82) is 0 Å². The van der Waals surface area contributed by atoms with Crippen LogP contribution in [-0.2, 0) is 7.05 Å². The summed E-state index contributed by atoms with van der Waals surface area (Å²) in [6.07, 6.45) is 2.45. The number of hydrogen-bond donors (Lipinski definition) is 1. The van der Waals surface area contributed by atoms with E-state index in [0.29, 0.717) is 30.9 Å². The number of hydrogen-bond acceptors (Lipinski definition) is 4. The number of rotatable bonds is 3. The lowest BCUT2D eigenvalue weighted by molar-refractivity contribution is 0.0555. The van der Waals surface area contributed by atoms with Gasteiger partial charge in [0.25, 0.3) is 11.8 Å². The van der Waals surface area contributed by atoms with Crippen molar-refractivity contribution < 1.29 is 14.7 Å². The second kappa shape index (κ2) is 7.63. The number of piperidine rings is 1. The lowest BCUT2D eigenvalue weighted by Crippen LogP contribution is -2.45. The Hall–Kier alpha value is -2.67. The Morgan fingerprint density at radius 1 is 1.17 bits per heavy atom. The first-order chi connectivity index (χ1) is 13.9. The molecule has 3 heterocycles. The van der Waals surface area contributed by atoms with E-state index >= 15 is 0 Å². The minimum absolute atomic E-state index is 0.0241. The molecule has 0 saturated carbocycles. The Labute approximate surface area is 170 Å². The quantitative estimate of drug-likeness (QED) is 0.859. The fourth-order valence-electron chi connectivity index (χ4n) is 4.69. The first kappa shape index (κ1) is 19.6. The molecular weight excluding hydrogens is 368 g/mol. The molecule has 0 radical (unpaired) electrons. The van der Waals surface area contributed by atoms with Crippen molar-refractivity contribution in [2.75, 3.05) is 26.2 Å². The highest BCUT2D eigenvalue weighted by Gasteiger charge is 2.47. The lowest BCUT2D eigenvalue weighted by atomic mass is 9.76.